The zero-order valence-electron chi connectivity index (χ0n) is 7.79. The van der Waals surface area contributed by atoms with Crippen LogP contribution in [0.3, 0.4) is 0 Å². The fraction of sp³-hybridized carbons (Fsp3) is 0.455. The summed E-state index contributed by atoms with van der Waals surface area (Å²) >= 11 is 2.33. The quantitative estimate of drug-likeness (QED) is 0.847. The second-order valence-corrected chi connectivity index (χ2v) is 5.12. The van der Waals surface area contributed by atoms with Gasteiger partial charge in [0.15, 0.2) is 0 Å². The molecule has 0 spiro atoms. The monoisotopic (exact) mass is 301 g/mol. The topological polar surface area (TPSA) is 21.3 Å². The maximum absolute atomic E-state index is 5.70. The first kappa shape index (κ1) is 8.97. The van der Waals surface area contributed by atoms with E-state index in [2.05, 4.69) is 46.1 Å². The maximum atomic E-state index is 5.70. The Hall–Kier alpha value is -0.290. The smallest absolute Gasteiger partial charge is 0.137 e. The molecule has 74 valence electrons. The van der Waals surface area contributed by atoms with Crippen LogP contribution in [0.4, 0.5) is 0 Å². The SMILES string of the molecule is Ic1cccc2c1OCC2NC1CC1. The van der Waals surface area contributed by atoms with Crippen LogP contribution in [0.15, 0.2) is 18.2 Å². The van der Waals surface area contributed by atoms with E-state index in [4.69, 9.17) is 4.74 Å². The van der Waals surface area contributed by atoms with Gasteiger partial charge in [-0.2, -0.15) is 0 Å². The van der Waals surface area contributed by atoms with Crippen LogP contribution in [-0.4, -0.2) is 12.6 Å². The van der Waals surface area contributed by atoms with E-state index in [0.717, 1.165) is 18.4 Å². The minimum absolute atomic E-state index is 0.423. The summed E-state index contributed by atoms with van der Waals surface area (Å²) in [7, 11) is 0. The third-order valence-corrected chi connectivity index (χ3v) is 3.63. The van der Waals surface area contributed by atoms with E-state index < -0.39 is 0 Å². The molecule has 1 fully saturated rings. The van der Waals surface area contributed by atoms with Gasteiger partial charge in [-0.25, -0.2) is 0 Å². The van der Waals surface area contributed by atoms with E-state index in [0.29, 0.717) is 6.04 Å². The van der Waals surface area contributed by atoms with Crippen molar-refractivity contribution in [3.63, 3.8) is 0 Å². The van der Waals surface area contributed by atoms with Gasteiger partial charge in [0.2, 0.25) is 0 Å². The number of halogens is 1. The Morgan fingerprint density at radius 2 is 2.21 bits per heavy atom. The average Bonchev–Trinajstić information content (AvgIpc) is 2.88. The molecule has 1 heterocycles. The molecule has 14 heavy (non-hydrogen) atoms. The minimum Gasteiger partial charge on any atom is -0.490 e. The Morgan fingerprint density at radius 3 is 3.00 bits per heavy atom. The second-order valence-electron chi connectivity index (χ2n) is 3.96. The van der Waals surface area contributed by atoms with Crippen molar-refractivity contribution in [3.05, 3.63) is 27.3 Å². The van der Waals surface area contributed by atoms with E-state index in [-0.39, 0.29) is 0 Å². The maximum Gasteiger partial charge on any atom is 0.137 e. The molecule has 1 aliphatic heterocycles. The van der Waals surface area contributed by atoms with Crippen LogP contribution in [-0.2, 0) is 0 Å². The molecule has 0 radical (unpaired) electrons. The number of ether oxygens (including phenoxy) is 1. The third kappa shape index (κ3) is 1.52. The summed E-state index contributed by atoms with van der Waals surface area (Å²) in [6, 6.07) is 7.54. The summed E-state index contributed by atoms with van der Waals surface area (Å²) in [4.78, 5) is 0. The van der Waals surface area contributed by atoms with Crippen LogP contribution in [0.25, 0.3) is 0 Å². The van der Waals surface area contributed by atoms with Gasteiger partial charge < -0.3 is 10.1 Å². The Labute approximate surface area is 97.2 Å². The van der Waals surface area contributed by atoms with Crippen molar-refractivity contribution in [1.29, 1.82) is 0 Å². The largest absolute Gasteiger partial charge is 0.490 e. The molecule has 3 heteroatoms. The fourth-order valence-electron chi connectivity index (χ4n) is 1.88. The molecule has 0 saturated heterocycles. The molecular formula is C11H12INO. The number of nitrogens with one attached hydrogen (secondary N) is 1. The predicted octanol–water partition coefficient (Wildman–Crippen LogP) is 2.48. The molecule has 1 aromatic carbocycles. The Morgan fingerprint density at radius 1 is 1.36 bits per heavy atom. The first-order valence-corrected chi connectivity index (χ1v) is 6.10. The van der Waals surface area contributed by atoms with Crippen LogP contribution >= 0.6 is 22.6 Å². The highest BCUT2D eigenvalue weighted by Gasteiger charge is 2.31. The fourth-order valence-corrected chi connectivity index (χ4v) is 2.56. The molecular weight excluding hydrogens is 289 g/mol. The summed E-state index contributed by atoms with van der Waals surface area (Å²) in [6.45, 7) is 0.797. The van der Waals surface area contributed by atoms with Gasteiger partial charge in [-0.1, -0.05) is 12.1 Å². The van der Waals surface area contributed by atoms with Gasteiger partial charge in [-0.05, 0) is 41.5 Å². The zero-order chi connectivity index (χ0) is 9.54. The van der Waals surface area contributed by atoms with Crippen LogP contribution in [0.2, 0.25) is 0 Å². The normalized spacial score (nSPS) is 24.5. The predicted molar refractivity (Wildman–Crippen MR) is 63.6 cm³/mol. The lowest BCUT2D eigenvalue weighted by molar-refractivity contribution is 0.309. The van der Waals surface area contributed by atoms with E-state index >= 15 is 0 Å². The number of hydrogen-bond acceptors (Lipinski definition) is 2. The summed E-state index contributed by atoms with van der Waals surface area (Å²) in [6.07, 6.45) is 2.66. The summed E-state index contributed by atoms with van der Waals surface area (Å²) in [5.74, 6) is 1.09. The van der Waals surface area contributed by atoms with Crippen LogP contribution in [0, 0.1) is 3.57 Å². The lowest BCUT2D eigenvalue weighted by atomic mass is 10.1. The van der Waals surface area contributed by atoms with Crippen molar-refractivity contribution in [1.82, 2.24) is 5.32 Å². The van der Waals surface area contributed by atoms with Gasteiger partial charge in [-0.3, -0.25) is 0 Å². The number of fused-ring (bicyclic) bond motifs is 1. The number of hydrogen-bond donors (Lipinski definition) is 1. The molecule has 1 aliphatic carbocycles. The lowest BCUT2D eigenvalue weighted by Gasteiger charge is -2.09. The molecule has 1 saturated carbocycles. The van der Waals surface area contributed by atoms with Crippen LogP contribution in [0.5, 0.6) is 5.75 Å². The molecule has 0 amide bonds. The van der Waals surface area contributed by atoms with Gasteiger partial charge in [-0.15, -0.1) is 0 Å². The van der Waals surface area contributed by atoms with Crippen LogP contribution < -0.4 is 10.1 Å². The standard InChI is InChI=1S/C11H12INO/c12-9-3-1-2-8-10(6-14-11(8)9)13-7-4-5-7/h1-3,7,10,13H,4-6H2. The van der Waals surface area contributed by atoms with Crippen molar-refractivity contribution in [3.8, 4) is 5.75 Å². The Balaban J connectivity index is 1.89. The van der Waals surface area contributed by atoms with Gasteiger partial charge in [0, 0.05) is 11.6 Å². The highest BCUT2D eigenvalue weighted by atomic mass is 127. The highest BCUT2D eigenvalue weighted by molar-refractivity contribution is 14.1. The van der Waals surface area contributed by atoms with Crippen molar-refractivity contribution in [2.24, 2.45) is 0 Å². The molecule has 2 nitrogen and oxygen atoms in total. The van der Waals surface area contributed by atoms with Crippen molar-refractivity contribution >= 4 is 22.6 Å². The molecule has 2 aliphatic rings. The van der Waals surface area contributed by atoms with Crippen molar-refractivity contribution < 1.29 is 4.74 Å². The third-order valence-electron chi connectivity index (χ3n) is 2.78. The van der Waals surface area contributed by atoms with Gasteiger partial charge in [0.25, 0.3) is 0 Å². The first-order valence-electron chi connectivity index (χ1n) is 5.02. The van der Waals surface area contributed by atoms with Gasteiger partial charge in [0.1, 0.15) is 12.4 Å². The van der Waals surface area contributed by atoms with Crippen molar-refractivity contribution in [2.45, 2.75) is 24.9 Å². The number of rotatable bonds is 2. The molecule has 1 unspecified atom stereocenters. The highest BCUT2D eigenvalue weighted by Crippen LogP contribution is 2.37. The molecule has 1 N–H and O–H groups in total. The number of para-hydroxylation sites is 1. The molecule has 3 rings (SSSR count). The zero-order valence-corrected chi connectivity index (χ0v) is 9.95. The molecule has 0 aromatic heterocycles. The first-order chi connectivity index (χ1) is 6.84. The van der Waals surface area contributed by atoms with Crippen LogP contribution in [0.1, 0.15) is 24.4 Å². The average molecular weight is 301 g/mol. The molecule has 1 aromatic rings. The van der Waals surface area contributed by atoms with Crippen molar-refractivity contribution in [2.75, 3.05) is 6.61 Å². The van der Waals surface area contributed by atoms with E-state index in [9.17, 15) is 0 Å². The molecule has 1 atom stereocenters. The summed E-state index contributed by atoms with van der Waals surface area (Å²) in [5, 5.41) is 3.61. The second kappa shape index (κ2) is 3.38. The number of benzene rings is 1. The van der Waals surface area contributed by atoms with E-state index in [1.807, 2.05) is 0 Å². The molecule has 0 bridgehead atoms. The van der Waals surface area contributed by atoms with Gasteiger partial charge in [0.05, 0.1) is 9.61 Å². The Kier molecular flexibility index (Phi) is 2.17. The summed E-state index contributed by atoms with van der Waals surface area (Å²) < 4.78 is 6.92. The Bertz CT molecular complexity index is 362. The van der Waals surface area contributed by atoms with Gasteiger partial charge >= 0.3 is 0 Å². The minimum atomic E-state index is 0.423. The summed E-state index contributed by atoms with van der Waals surface area (Å²) in [5.41, 5.74) is 1.34. The van der Waals surface area contributed by atoms with E-state index in [1.54, 1.807) is 0 Å². The van der Waals surface area contributed by atoms with E-state index in [1.165, 1.54) is 22.0 Å². The lowest BCUT2D eigenvalue weighted by Crippen LogP contribution is -2.24.